The molecule has 0 fully saturated rings. The predicted octanol–water partition coefficient (Wildman–Crippen LogP) is 4.48. The van der Waals surface area contributed by atoms with Crippen LogP contribution in [0.15, 0.2) is 30.3 Å². The molecule has 0 saturated heterocycles. The van der Waals surface area contributed by atoms with Crippen LogP contribution in [0.25, 0.3) is 0 Å². The Morgan fingerprint density at radius 2 is 1.50 bits per heavy atom. The van der Waals surface area contributed by atoms with Crippen LogP contribution in [-0.4, -0.2) is 5.91 Å². The Labute approximate surface area is 120 Å². The van der Waals surface area contributed by atoms with Crippen LogP contribution in [0.5, 0.6) is 0 Å². The molecule has 0 saturated carbocycles. The smallest absolute Gasteiger partial charge is 0.255 e. The van der Waals surface area contributed by atoms with Gasteiger partial charge >= 0.3 is 0 Å². The topological polar surface area (TPSA) is 29.1 Å². The molecule has 0 unspecified atom stereocenters. The summed E-state index contributed by atoms with van der Waals surface area (Å²) in [4.78, 5) is 12.5. The minimum atomic E-state index is -0.0405. The predicted molar refractivity (Wildman–Crippen MR) is 84.5 cm³/mol. The van der Waals surface area contributed by atoms with Crippen molar-refractivity contribution in [3.8, 4) is 0 Å². The number of hydrogen-bond acceptors (Lipinski definition) is 1. The number of amides is 1. The van der Waals surface area contributed by atoms with E-state index in [4.69, 9.17) is 0 Å². The van der Waals surface area contributed by atoms with Crippen molar-refractivity contribution in [2.75, 3.05) is 5.32 Å². The van der Waals surface area contributed by atoms with E-state index in [0.29, 0.717) is 0 Å². The van der Waals surface area contributed by atoms with Crippen LogP contribution in [-0.2, 0) is 0 Å². The Balaban J connectivity index is 2.36. The van der Waals surface area contributed by atoms with Crippen molar-refractivity contribution >= 4 is 11.6 Å². The van der Waals surface area contributed by atoms with Crippen LogP contribution in [0.1, 0.15) is 38.2 Å². The average Bonchev–Trinajstić information content (AvgIpc) is 2.36. The van der Waals surface area contributed by atoms with Crippen molar-refractivity contribution < 1.29 is 4.79 Å². The SMILES string of the molecule is Cc1cc(C)c(NC(=O)c2cccc(C)c2C)c(C)c1. The van der Waals surface area contributed by atoms with Crippen LogP contribution < -0.4 is 5.32 Å². The minimum absolute atomic E-state index is 0.0405. The minimum Gasteiger partial charge on any atom is -0.321 e. The molecule has 0 bridgehead atoms. The molecule has 2 heteroatoms. The first-order valence-corrected chi connectivity index (χ1v) is 6.85. The third-order valence-corrected chi connectivity index (χ3v) is 3.76. The summed E-state index contributed by atoms with van der Waals surface area (Å²) >= 11 is 0. The highest BCUT2D eigenvalue weighted by atomic mass is 16.1. The Bertz CT molecular complexity index is 648. The first kappa shape index (κ1) is 14.3. The quantitative estimate of drug-likeness (QED) is 0.854. The third kappa shape index (κ3) is 2.74. The second-order valence-corrected chi connectivity index (χ2v) is 5.48. The molecule has 0 radical (unpaired) electrons. The number of hydrogen-bond donors (Lipinski definition) is 1. The second-order valence-electron chi connectivity index (χ2n) is 5.48. The van der Waals surface area contributed by atoms with Crippen molar-refractivity contribution in [2.24, 2.45) is 0 Å². The number of nitrogens with one attached hydrogen (secondary N) is 1. The van der Waals surface area contributed by atoms with Crippen molar-refractivity contribution in [1.82, 2.24) is 0 Å². The number of carbonyl (C=O) groups is 1. The molecule has 2 rings (SSSR count). The number of aryl methyl sites for hydroxylation is 4. The average molecular weight is 267 g/mol. The van der Waals surface area contributed by atoms with E-state index >= 15 is 0 Å². The summed E-state index contributed by atoms with van der Waals surface area (Å²) in [7, 11) is 0. The van der Waals surface area contributed by atoms with E-state index < -0.39 is 0 Å². The molecule has 20 heavy (non-hydrogen) atoms. The van der Waals surface area contributed by atoms with Gasteiger partial charge in [-0.1, -0.05) is 29.8 Å². The fourth-order valence-electron chi connectivity index (χ4n) is 2.56. The lowest BCUT2D eigenvalue weighted by Crippen LogP contribution is -2.15. The van der Waals surface area contributed by atoms with E-state index in [2.05, 4.69) is 24.4 Å². The molecule has 0 aromatic heterocycles. The van der Waals surface area contributed by atoms with Gasteiger partial charge in [-0.15, -0.1) is 0 Å². The molecule has 0 atom stereocenters. The third-order valence-electron chi connectivity index (χ3n) is 3.76. The molecule has 2 aromatic carbocycles. The van der Waals surface area contributed by atoms with Crippen LogP contribution in [0.4, 0.5) is 5.69 Å². The molecule has 0 aliphatic heterocycles. The maximum atomic E-state index is 12.5. The molecule has 104 valence electrons. The number of benzene rings is 2. The zero-order valence-corrected chi connectivity index (χ0v) is 12.8. The lowest BCUT2D eigenvalue weighted by Gasteiger charge is -2.14. The number of rotatable bonds is 2. The Hall–Kier alpha value is -2.09. The van der Waals surface area contributed by atoms with Gasteiger partial charge in [0.25, 0.3) is 5.91 Å². The van der Waals surface area contributed by atoms with Gasteiger partial charge in [0, 0.05) is 11.3 Å². The van der Waals surface area contributed by atoms with Gasteiger partial charge in [-0.3, -0.25) is 4.79 Å². The highest BCUT2D eigenvalue weighted by Crippen LogP contribution is 2.23. The van der Waals surface area contributed by atoms with E-state index in [9.17, 15) is 4.79 Å². The van der Waals surface area contributed by atoms with E-state index in [1.165, 1.54) is 5.56 Å². The molecule has 1 N–H and O–H groups in total. The molecule has 1 amide bonds. The Morgan fingerprint density at radius 3 is 2.10 bits per heavy atom. The van der Waals surface area contributed by atoms with Gasteiger partial charge in [-0.2, -0.15) is 0 Å². The van der Waals surface area contributed by atoms with Gasteiger partial charge in [0.1, 0.15) is 0 Å². The highest BCUT2D eigenvalue weighted by molar-refractivity contribution is 6.06. The fourth-order valence-corrected chi connectivity index (χ4v) is 2.56. The molecule has 2 aromatic rings. The summed E-state index contributed by atoms with van der Waals surface area (Å²) in [5.41, 5.74) is 7.24. The molecule has 0 heterocycles. The van der Waals surface area contributed by atoms with E-state index in [0.717, 1.165) is 33.5 Å². The van der Waals surface area contributed by atoms with Gasteiger partial charge in [-0.25, -0.2) is 0 Å². The van der Waals surface area contributed by atoms with Crippen LogP contribution in [0.3, 0.4) is 0 Å². The molecular formula is C18H21NO. The van der Waals surface area contributed by atoms with Crippen LogP contribution in [0.2, 0.25) is 0 Å². The summed E-state index contributed by atoms with van der Waals surface area (Å²) in [5.74, 6) is -0.0405. The summed E-state index contributed by atoms with van der Waals surface area (Å²) in [6.07, 6.45) is 0. The molecule has 0 aliphatic rings. The van der Waals surface area contributed by atoms with Crippen molar-refractivity contribution in [2.45, 2.75) is 34.6 Å². The second kappa shape index (κ2) is 5.49. The Morgan fingerprint density at radius 1 is 0.900 bits per heavy atom. The molecular weight excluding hydrogens is 246 g/mol. The number of anilines is 1. The standard InChI is InChI=1S/C18H21NO/c1-11-9-13(3)17(14(4)10-11)19-18(20)16-8-6-7-12(2)15(16)5/h6-10H,1-5H3,(H,19,20). The maximum absolute atomic E-state index is 12.5. The van der Waals surface area contributed by atoms with Gasteiger partial charge in [-0.05, 0) is 62.9 Å². The first-order chi connectivity index (χ1) is 9.40. The lowest BCUT2D eigenvalue weighted by atomic mass is 10.0. The summed E-state index contributed by atoms with van der Waals surface area (Å²) in [5, 5.41) is 3.05. The zero-order valence-electron chi connectivity index (χ0n) is 12.8. The molecule has 0 spiro atoms. The van der Waals surface area contributed by atoms with Crippen LogP contribution >= 0.6 is 0 Å². The fraction of sp³-hybridized carbons (Fsp3) is 0.278. The zero-order chi connectivity index (χ0) is 14.9. The van der Waals surface area contributed by atoms with Crippen LogP contribution in [0, 0.1) is 34.6 Å². The van der Waals surface area contributed by atoms with E-state index in [1.54, 1.807) is 0 Å². The first-order valence-electron chi connectivity index (χ1n) is 6.85. The molecule has 2 nitrogen and oxygen atoms in total. The normalized spacial score (nSPS) is 10.4. The maximum Gasteiger partial charge on any atom is 0.255 e. The van der Waals surface area contributed by atoms with Gasteiger partial charge < -0.3 is 5.32 Å². The lowest BCUT2D eigenvalue weighted by molar-refractivity contribution is 0.102. The summed E-state index contributed by atoms with van der Waals surface area (Å²) < 4.78 is 0. The van der Waals surface area contributed by atoms with Gasteiger partial charge in [0.05, 0.1) is 0 Å². The number of carbonyl (C=O) groups excluding carboxylic acids is 1. The summed E-state index contributed by atoms with van der Waals surface area (Å²) in [6.45, 7) is 10.1. The highest BCUT2D eigenvalue weighted by Gasteiger charge is 2.13. The van der Waals surface area contributed by atoms with Gasteiger partial charge in [0.2, 0.25) is 0 Å². The summed E-state index contributed by atoms with van der Waals surface area (Å²) in [6, 6.07) is 9.99. The van der Waals surface area contributed by atoms with Crippen molar-refractivity contribution in [3.05, 3.63) is 63.7 Å². The van der Waals surface area contributed by atoms with Crippen molar-refractivity contribution in [1.29, 1.82) is 0 Å². The van der Waals surface area contributed by atoms with E-state index in [1.807, 2.05) is 45.9 Å². The largest absolute Gasteiger partial charge is 0.321 e. The molecule has 0 aliphatic carbocycles. The van der Waals surface area contributed by atoms with E-state index in [-0.39, 0.29) is 5.91 Å². The van der Waals surface area contributed by atoms with Gasteiger partial charge in [0.15, 0.2) is 0 Å². The monoisotopic (exact) mass is 267 g/mol. The Kier molecular flexibility index (Phi) is 3.93. The van der Waals surface area contributed by atoms with Crippen molar-refractivity contribution in [3.63, 3.8) is 0 Å².